The highest BCUT2D eigenvalue weighted by Gasteiger charge is 2.60. The molecule has 1 saturated heterocycles. The van der Waals surface area contributed by atoms with Crippen LogP contribution in [0.1, 0.15) is 31.2 Å². The number of sulfone groups is 1. The maximum atomic E-state index is 15.3. The summed E-state index contributed by atoms with van der Waals surface area (Å²) in [6, 6.07) is 6.78. The Balaban J connectivity index is 1.60. The van der Waals surface area contributed by atoms with Crippen molar-refractivity contribution in [3.63, 3.8) is 0 Å². The number of rotatable bonds is 5. The van der Waals surface area contributed by atoms with Crippen LogP contribution < -0.4 is 9.46 Å². The largest absolute Gasteiger partial charge is 0.490 e. The van der Waals surface area contributed by atoms with Gasteiger partial charge in [0.2, 0.25) is 0 Å². The van der Waals surface area contributed by atoms with E-state index in [-0.39, 0.29) is 36.3 Å². The van der Waals surface area contributed by atoms with Gasteiger partial charge in [-0.2, -0.15) is 17.4 Å². The lowest BCUT2D eigenvalue weighted by atomic mass is 9.71. The molecule has 0 radical (unpaired) electrons. The zero-order valence-corrected chi connectivity index (χ0v) is 20.4. The minimum absolute atomic E-state index is 0.0713. The second-order valence-electron chi connectivity index (χ2n) is 8.93. The Morgan fingerprint density at radius 1 is 1.03 bits per heavy atom. The van der Waals surface area contributed by atoms with Crippen LogP contribution in [-0.4, -0.2) is 46.9 Å². The van der Waals surface area contributed by atoms with Gasteiger partial charge in [-0.05, 0) is 62.1 Å². The Kier molecular flexibility index (Phi) is 5.92. The second-order valence-corrected chi connectivity index (χ2v) is 13.3. The SMILES string of the molecule is O=S(=O)(N[C@@H]1CC[C@@]2(S(=O)(=O)c3ccc(Cl)cc3)c3c(F)ccc(F)c3OC[C@H]2C1)N1CCC1. The molecule has 2 aromatic rings. The standard InChI is InChI=1S/C22H23ClF2N2O5S2/c23-15-2-4-17(5-3-15)33(28,29)22-9-8-16(26-34(30,31)27-10-1-11-27)12-14(22)13-32-21-19(25)7-6-18(24)20(21)22/h2-7,14,16,26H,1,8-13H2/t14-,16-,22+/m1/s1. The van der Waals surface area contributed by atoms with Gasteiger partial charge in [-0.1, -0.05) is 11.6 Å². The molecule has 0 unspecified atom stereocenters. The average molecular weight is 533 g/mol. The predicted octanol–water partition coefficient (Wildman–Crippen LogP) is 3.39. The molecule has 3 aliphatic rings. The van der Waals surface area contributed by atoms with Crippen LogP contribution in [0.25, 0.3) is 0 Å². The monoisotopic (exact) mass is 532 g/mol. The molecule has 34 heavy (non-hydrogen) atoms. The van der Waals surface area contributed by atoms with Gasteiger partial charge < -0.3 is 4.74 Å². The summed E-state index contributed by atoms with van der Waals surface area (Å²) in [5, 5.41) is 0.335. The number of fused-ring (bicyclic) bond motifs is 3. The first-order valence-corrected chi connectivity index (χ1v) is 14.3. The van der Waals surface area contributed by atoms with Gasteiger partial charge in [0, 0.05) is 30.1 Å². The van der Waals surface area contributed by atoms with E-state index in [0.717, 1.165) is 18.6 Å². The number of nitrogens with one attached hydrogen (secondary N) is 1. The van der Waals surface area contributed by atoms with Gasteiger partial charge in [0.05, 0.1) is 17.1 Å². The highest BCUT2D eigenvalue weighted by Crippen LogP contribution is 2.56. The van der Waals surface area contributed by atoms with Crippen molar-refractivity contribution in [2.24, 2.45) is 5.92 Å². The van der Waals surface area contributed by atoms with Gasteiger partial charge >= 0.3 is 0 Å². The van der Waals surface area contributed by atoms with E-state index in [0.29, 0.717) is 18.1 Å². The molecule has 12 heteroatoms. The molecular formula is C22H23ClF2N2O5S2. The van der Waals surface area contributed by atoms with Gasteiger partial charge in [-0.3, -0.25) is 0 Å². The lowest BCUT2D eigenvalue weighted by molar-refractivity contribution is 0.112. The van der Waals surface area contributed by atoms with Crippen LogP contribution in [0.5, 0.6) is 5.75 Å². The Bertz CT molecular complexity index is 1330. The molecule has 5 rings (SSSR count). The third-order valence-electron chi connectivity index (χ3n) is 7.08. The zero-order valence-electron chi connectivity index (χ0n) is 18.0. The number of hydrogen-bond donors (Lipinski definition) is 1. The molecule has 2 heterocycles. The number of ether oxygens (including phenoxy) is 1. The lowest BCUT2D eigenvalue weighted by Gasteiger charge is -2.49. The Morgan fingerprint density at radius 3 is 2.35 bits per heavy atom. The molecule has 2 fully saturated rings. The van der Waals surface area contributed by atoms with Crippen LogP contribution in [0.3, 0.4) is 0 Å². The zero-order chi connectivity index (χ0) is 24.3. The van der Waals surface area contributed by atoms with Crippen molar-refractivity contribution >= 4 is 31.6 Å². The molecule has 0 spiro atoms. The molecule has 1 saturated carbocycles. The number of halogens is 3. The molecule has 7 nitrogen and oxygen atoms in total. The average Bonchev–Trinajstić information content (AvgIpc) is 2.74. The van der Waals surface area contributed by atoms with E-state index < -0.39 is 54.1 Å². The summed E-state index contributed by atoms with van der Waals surface area (Å²) in [5.74, 6) is -2.94. The van der Waals surface area contributed by atoms with Gasteiger partial charge in [-0.25, -0.2) is 17.2 Å². The van der Waals surface area contributed by atoms with Crippen LogP contribution in [0.15, 0.2) is 41.3 Å². The van der Waals surface area contributed by atoms with Gasteiger partial charge in [0.1, 0.15) is 10.6 Å². The molecule has 0 aromatic heterocycles. The fraction of sp³-hybridized carbons (Fsp3) is 0.455. The summed E-state index contributed by atoms with van der Waals surface area (Å²) < 4.78 is 91.0. The van der Waals surface area contributed by atoms with Crippen molar-refractivity contribution in [2.75, 3.05) is 19.7 Å². The Labute approximate surface area is 202 Å². The molecular weight excluding hydrogens is 510 g/mol. The van der Waals surface area contributed by atoms with E-state index in [1.54, 1.807) is 0 Å². The smallest absolute Gasteiger partial charge is 0.279 e. The van der Waals surface area contributed by atoms with E-state index in [1.807, 2.05) is 0 Å². The van der Waals surface area contributed by atoms with Gasteiger partial charge in [0.15, 0.2) is 21.4 Å². The normalized spacial score (nSPS) is 27.3. The van der Waals surface area contributed by atoms with E-state index in [1.165, 1.54) is 28.6 Å². The van der Waals surface area contributed by atoms with E-state index >= 15 is 4.39 Å². The summed E-state index contributed by atoms with van der Waals surface area (Å²) in [5.41, 5.74) is -0.331. The quantitative estimate of drug-likeness (QED) is 0.637. The molecule has 1 N–H and O–H groups in total. The van der Waals surface area contributed by atoms with Crippen molar-refractivity contribution in [1.29, 1.82) is 0 Å². The molecule has 0 bridgehead atoms. The van der Waals surface area contributed by atoms with Gasteiger partial charge in [0.25, 0.3) is 10.2 Å². The highest BCUT2D eigenvalue weighted by atomic mass is 35.5. The van der Waals surface area contributed by atoms with Crippen LogP contribution >= 0.6 is 11.6 Å². The highest BCUT2D eigenvalue weighted by molar-refractivity contribution is 7.92. The van der Waals surface area contributed by atoms with E-state index in [2.05, 4.69) is 4.72 Å². The summed E-state index contributed by atoms with van der Waals surface area (Å²) >= 11 is 5.94. The fourth-order valence-electron chi connectivity index (χ4n) is 5.26. The van der Waals surface area contributed by atoms with Gasteiger partial charge in [-0.15, -0.1) is 0 Å². The van der Waals surface area contributed by atoms with Crippen molar-refractivity contribution in [3.8, 4) is 5.75 Å². The number of hydrogen-bond acceptors (Lipinski definition) is 5. The molecule has 1 aliphatic carbocycles. The lowest BCUT2D eigenvalue weighted by Crippen LogP contribution is -2.57. The second kappa shape index (κ2) is 8.41. The topological polar surface area (TPSA) is 92.8 Å². The fourth-order valence-corrected chi connectivity index (χ4v) is 9.27. The maximum absolute atomic E-state index is 15.3. The minimum Gasteiger partial charge on any atom is -0.490 e. The number of benzene rings is 2. The van der Waals surface area contributed by atoms with E-state index in [9.17, 15) is 21.2 Å². The molecule has 184 valence electrons. The Hall–Kier alpha value is -1.79. The first-order chi connectivity index (χ1) is 16.1. The van der Waals surface area contributed by atoms with Crippen LogP contribution in [0, 0.1) is 17.6 Å². The third kappa shape index (κ3) is 3.63. The van der Waals surface area contributed by atoms with Crippen molar-refractivity contribution in [3.05, 3.63) is 58.6 Å². The van der Waals surface area contributed by atoms with Crippen LogP contribution in [0.2, 0.25) is 5.02 Å². The predicted molar refractivity (Wildman–Crippen MR) is 122 cm³/mol. The number of nitrogens with zero attached hydrogens (tertiary/aromatic N) is 1. The first kappa shape index (κ1) is 23.9. The summed E-state index contributed by atoms with van der Waals surface area (Å²) in [6.07, 6.45) is 0.903. The minimum atomic E-state index is -4.26. The summed E-state index contributed by atoms with van der Waals surface area (Å²) in [7, 11) is -7.97. The third-order valence-corrected chi connectivity index (χ3v) is 11.6. The van der Waals surface area contributed by atoms with Crippen molar-refractivity contribution < 1.29 is 30.4 Å². The molecule has 0 amide bonds. The summed E-state index contributed by atoms with van der Waals surface area (Å²) in [4.78, 5) is -0.0713. The molecule has 3 atom stereocenters. The van der Waals surface area contributed by atoms with Crippen molar-refractivity contribution in [1.82, 2.24) is 9.03 Å². The molecule has 2 aromatic carbocycles. The van der Waals surface area contributed by atoms with Crippen molar-refractivity contribution in [2.45, 2.75) is 41.4 Å². The first-order valence-electron chi connectivity index (χ1n) is 10.9. The molecule has 2 aliphatic heterocycles. The van der Waals surface area contributed by atoms with Crippen LogP contribution in [-0.2, 0) is 24.8 Å². The van der Waals surface area contributed by atoms with E-state index in [4.69, 9.17) is 16.3 Å². The maximum Gasteiger partial charge on any atom is 0.279 e. The summed E-state index contributed by atoms with van der Waals surface area (Å²) in [6.45, 7) is 0.671. The van der Waals surface area contributed by atoms with Crippen LogP contribution in [0.4, 0.5) is 8.78 Å². The Morgan fingerprint density at radius 2 is 1.71 bits per heavy atom.